The van der Waals surface area contributed by atoms with Crippen LogP contribution in [0, 0.1) is 17.8 Å². The Morgan fingerprint density at radius 1 is 1.48 bits per heavy atom. The van der Waals surface area contributed by atoms with Gasteiger partial charge in [-0.1, -0.05) is 32.1 Å². The van der Waals surface area contributed by atoms with Crippen LogP contribution in [-0.2, 0) is 0 Å². The van der Waals surface area contributed by atoms with Crippen LogP contribution in [-0.4, -0.2) is 28.6 Å². The monoisotopic (exact) mass is 288 g/mol. The maximum atomic E-state index is 12.3. The topological polar surface area (TPSA) is 62.2 Å². The lowest BCUT2D eigenvalue weighted by Crippen LogP contribution is -2.34. The Morgan fingerprint density at radius 3 is 2.90 bits per heavy atom. The molecule has 0 radical (unpaired) electrons. The number of hydrogen-bond donors (Lipinski definition) is 2. The van der Waals surface area contributed by atoms with Crippen molar-refractivity contribution in [2.24, 2.45) is 5.92 Å². The number of aliphatic hydroxyl groups excluding tert-OH is 1. The van der Waals surface area contributed by atoms with Gasteiger partial charge in [-0.3, -0.25) is 9.78 Å². The molecule has 1 aromatic rings. The lowest BCUT2D eigenvalue weighted by molar-refractivity contribution is 0.0935. The summed E-state index contributed by atoms with van der Waals surface area (Å²) in [6.07, 6.45) is 5.62. The molecule has 2 atom stereocenters. The third kappa shape index (κ3) is 5.97. The molecule has 0 aliphatic carbocycles. The highest BCUT2D eigenvalue weighted by Crippen LogP contribution is 2.11. The standard InChI is InChI=1S/C17H24N2O2/c1-4-13(2)11-14(3)19-17(21)16-8-9-18-12-15(16)7-5-6-10-20/h8-9,12-14,20H,4,6,10-11H2,1-3H3,(H,19,21). The molecule has 0 aliphatic rings. The summed E-state index contributed by atoms with van der Waals surface area (Å²) in [5, 5.41) is 11.8. The number of amides is 1. The minimum absolute atomic E-state index is 0.0146. The van der Waals surface area contributed by atoms with E-state index in [-0.39, 0.29) is 18.6 Å². The average molecular weight is 288 g/mol. The van der Waals surface area contributed by atoms with Crippen LogP contribution in [0.5, 0.6) is 0 Å². The van der Waals surface area contributed by atoms with Gasteiger partial charge in [-0.15, -0.1) is 0 Å². The van der Waals surface area contributed by atoms with E-state index in [0.717, 1.165) is 12.8 Å². The number of hydrogen-bond acceptors (Lipinski definition) is 3. The van der Waals surface area contributed by atoms with Crippen molar-refractivity contribution in [1.29, 1.82) is 0 Å². The molecule has 0 aromatic carbocycles. The number of pyridine rings is 1. The summed E-state index contributed by atoms with van der Waals surface area (Å²) in [5.41, 5.74) is 1.13. The smallest absolute Gasteiger partial charge is 0.252 e. The highest BCUT2D eigenvalue weighted by Gasteiger charge is 2.14. The van der Waals surface area contributed by atoms with Gasteiger partial charge in [0, 0.05) is 24.9 Å². The van der Waals surface area contributed by atoms with Gasteiger partial charge in [0.1, 0.15) is 0 Å². The van der Waals surface area contributed by atoms with Gasteiger partial charge in [-0.25, -0.2) is 0 Å². The summed E-state index contributed by atoms with van der Waals surface area (Å²) < 4.78 is 0. The SMILES string of the molecule is CCC(C)CC(C)NC(=O)c1ccncc1C#CCCO. The fraction of sp³-hybridized carbons (Fsp3) is 0.529. The van der Waals surface area contributed by atoms with Crippen LogP contribution in [0.15, 0.2) is 18.5 Å². The first kappa shape index (κ1) is 17.2. The zero-order chi connectivity index (χ0) is 15.7. The van der Waals surface area contributed by atoms with Crippen molar-refractivity contribution >= 4 is 5.91 Å². The van der Waals surface area contributed by atoms with Crippen LogP contribution in [0.3, 0.4) is 0 Å². The first-order chi connectivity index (χ1) is 10.1. The van der Waals surface area contributed by atoms with Crippen molar-refractivity contribution in [3.8, 4) is 11.8 Å². The van der Waals surface area contributed by atoms with Crippen LogP contribution < -0.4 is 5.32 Å². The van der Waals surface area contributed by atoms with E-state index < -0.39 is 0 Å². The van der Waals surface area contributed by atoms with Crippen molar-refractivity contribution in [2.75, 3.05) is 6.61 Å². The Balaban J connectivity index is 2.76. The van der Waals surface area contributed by atoms with Crippen molar-refractivity contribution < 1.29 is 9.90 Å². The summed E-state index contributed by atoms with van der Waals surface area (Å²) in [6.45, 7) is 6.36. The van der Waals surface area contributed by atoms with E-state index in [0.29, 0.717) is 23.5 Å². The van der Waals surface area contributed by atoms with Gasteiger partial charge < -0.3 is 10.4 Å². The summed E-state index contributed by atoms with van der Waals surface area (Å²) in [4.78, 5) is 16.3. The van der Waals surface area contributed by atoms with Gasteiger partial charge in [0.2, 0.25) is 0 Å². The van der Waals surface area contributed by atoms with Crippen LogP contribution in [0.1, 0.15) is 56.0 Å². The average Bonchev–Trinajstić information content (AvgIpc) is 2.47. The molecule has 4 heteroatoms. The van der Waals surface area contributed by atoms with E-state index >= 15 is 0 Å². The molecule has 0 spiro atoms. The van der Waals surface area contributed by atoms with Crippen LogP contribution >= 0.6 is 0 Å². The minimum atomic E-state index is -0.124. The summed E-state index contributed by atoms with van der Waals surface area (Å²) in [5.74, 6) is 6.17. The maximum Gasteiger partial charge on any atom is 0.252 e. The largest absolute Gasteiger partial charge is 0.395 e. The molecule has 1 aromatic heterocycles. The number of rotatable bonds is 6. The zero-order valence-electron chi connectivity index (χ0n) is 13.0. The Hall–Kier alpha value is -1.86. The molecule has 1 heterocycles. The molecular weight excluding hydrogens is 264 g/mol. The fourth-order valence-corrected chi connectivity index (χ4v) is 2.04. The number of aliphatic hydroxyl groups is 1. The van der Waals surface area contributed by atoms with E-state index in [9.17, 15) is 4.79 Å². The maximum absolute atomic E-state index is 12.3. The molecule has 21 heavy (non-hydrogen) atoms. The molecule has 2 N–H and O–H groups in total. The molecule has 2 unspecified atom stereocenters. The lowest BCUT2D eigenvalue weighted by atomic mass is 10.00. The Labute approximate surface area is 127 Å². The van der Waals surface area contributed by atoms with Gasteiger partial charge in [-0.05, 0) is 25.3 Å². The first-order valence-corrected chi connectivity index (χ1v) is 7.43. The van der Waals surface area contributed by atoms with E-state index in [2.05, 4.69) is 36.0 Å². The van der Waals surface area contributed by atoms with Gasteiger partial charge in [0.15, 0.2) is 0 Å². The van der Waals surface area contributed by atoms with Gasteiger partial charge in [0.25, 0.3) is 5.91 Å². The van der Waals surface area contributed by atoms with Crippen LogP contribution in [0.25, 0.3) is 0 Å². The molecule has 0 saturated carbocycles. The second-order valence-corrected chi connectivity index (χ2v) is 5.32. The number of aromatic nitrogens is 1. The van der Waals surface area contributed by atoms with Crippen molar-refractivity contribution in [2.45, 2.75) is 46.1 Å². The molecule has 0 saturated heterocycles. The predicted octanol–water partition coefficient (Wildman–Crippen LogP) is 2.37. The molecule has 4 nitrogen and oxygen atoms in total. The van der Waals surface area contributed by atoms with Gasteiger partial charge in [-0.2, -0.15) is 0 Å². The molecular formula is C17H24N2O2. The van der Waals surface area contributed by atoms with Gasteiger partial charge >= 0.3 is 0 Å². The second kappa shape index (κ2) is 9.15. The molecule has 0 fully saturated rings. The lowest BCUT2D eigenvalue weighted by Gasteiger charge is -2.17. The summed E-state index contributed by atoms with van der Waals surface area (Å²) >= 11 is 0. The Kier molecular flexibility index (Phi) is 7.49. The normalized spacial score (nSPS) is 13.0. The van der Waals surface area contributed by atoms with Crippen molar-refractivity contribution in [3.63, 3.8) is 0 Å². The van der Waals surface area contributed by atoms with Crippen LogP contribution in [0.2, 0.25) is 0 Å². The number of carbonyl (C=O) groups excluding carboxylic acids is 1. The third-order valence-corrected chi connectivity index (χ3v) is 3.36. The molecule has 1 rings (SSSR count). The third-order valence-electron chi connectivity index (χ3n) is 3.36. The van der Waals surface area contributed by atoms with Crippen LogP contribution in [0.4, 0.5) is 0 Å². The number of nitrogens with zero attached hydrogens (tertiary/aromatic N) is 1. The molecule has 0 bridgehead atoms. The molecule has 114 valence electrons. The number of nitrogens with one attached hydrogen (secondary N) is 1. The Morgan fingerprint density at radius 2 is 2.24 bits per heavy atom. The number of carbonyl (C=O) groups is 1. The fourth-order valence-electron chi connectivity index (χ4n) is 2.04. The van der Waals surface area contributed by atoms with E-state index in [1.807, 2.05) is 6.92 Å². The highest BCUT2D eigenvalue weighted by atomic mass is 16.2. The Bertz CT molecular complexity index is 517. The quantitative estimate of drug-likeness (QED) is 0.790. The first-order valence-electron chi connectivity index (χ1n) is 7.43. The van der Waals surface area contributed by atoms with E-state index in [1.54, 1.807) is 18.5 Å². The molecule has 1 amide bonds. The van der Waals surface area contributed by atoms with E-state index in [1.165, 1.54) is 0 Å². The molecule has 0 aliphatic heterocycles. The minimum Gasteiger partial charge on any atom is -0.395 e. The highest BCUT2D eigenvalue weighted by molar-refractivity contribution is 5.96. The summed E-state index contributed by atoms with van der Waals surface area (Å²) in [6, 6.07) is 1.80. The van der Waals surface area contributed by atoms with Gasteiger partial charge in [0.05, 0.1) is 17.7 Å². The van der Waals surface area contributed by atoms with Crippen molar-refractivity contribution in [1.82, 2.24) is 10.3 Å². The second-order valence-electron chi connectivity index (χ2n) is 5.32. The zero-order valence-corrected chi connectivity index (χ0v) is 13.0. The van der Waals surface area contributed by atoms with E-state index in [4.69, 9.17) is 5.11 Å². The van der Waals surface area contributed by atoms with Crippen molar-refractivity contribution in [3.05, 3.63) is 29.6 Å². The predicted molar refractivity (Wildman–Crippen MR) is 83.8 cm³/mol. The summed E-state index contributed by atoms with van der Waals surface area (Å²) in [7, 11) is 0.